The second kappa shape index (κ2) is 71.9. The Balaban J connectivity index is 3.98. The first-order valence-corrected chi connectivity index (χ1v) is 38.0. The van der Waals surface area contributed by atoms with Gasteiger partial charge in [-0.3, -0.25) is 14.4 Å². The maximum Gasteiger partial charge on any atom is 0.306 e. The van der Waals surface area contributed by atoms with Crippen molar-refractivity contribution in [3.05, 3.63) is 0 Å². The number of rotatable bonds is 72. The number of carbonyl (C=O) groups excluding carboxylic acids is 3. The molecule has 0 aliphatic heterocycles. The molecule has 6 nitrogen and oxygen atoms in total. The van der Waals surface area contributed by atoms with Gasteiger partial charge in [0.25, 0.3) is 0 Å². The molecule has 82 heavy (non-hydrogen) atoms. The standard InChI is InChI=1S/C76H148O6/c1-4-7-10-13-16-19-21-23-25-27-29-31-33-35-37-38-39-40-42-43-45-47-49-51-53-55-57-60-63-66-69-75(78)81-72-73(71-80-74(77)68-65-62-59-18-15-12-9-6-3)82-76(79)70-67-64-61-58-56-54-52-50-48-46-44-41-36-34-32-30-28-26-24-22-20-17-14-11-8-5-2/h73H,4-72H2,1-3H3. The van der Waals surface area contributed by atoms with Gasteiger partial charge in [-0.25, -0.2) is 0 Å². The lowest BCUT2D eigenvalue weighted by molar-refractivity contribution is -0.167. The lowest BCUT2D eigenvalue weighted by Crippen LogP contribution is -2.30. The minimum atomic E-state index is -0.763. The Kier molecular flexibility index (Phi) is 70.5. The highest BCUT2D eigenvalue weighted by Gasteiger charge is 2.20. The zero-order chi connectivity index (χ0) is 59.2. The molecule has 0 aromatic rings. The van der Waals surface area contributed by atoms with E-state index in [1.807, 2.05) is 0 Å². The van der Waals surface area contributed by atoms with Crippen LogP contribution in [0.15, 0.2) is 0 Å². The van der Waals surface area contributed by atoms with Crippen LogP contribution in [-0.2, 0) is 28.6 Å². The third-order valence-electron chi connectivity index (χ3n) is 17.9. The van der Waals surface area contributed by atoms with Crippen LogP contribution in [0.3, 0.4) is 0 Å². The fourth-order valence-electron chi connectivity index (χ4n) is 12.2. The Morgan fingerprint density at radius 1 is 0.195 bits per heavy atom. The smallest absolute Gasteiger partial charge is 0.306 e. The van der Waals surface area contributed by atoms with Crippen LogP contribution in [0.2, 0.25) is 0 Å². The van der Waals surface area contributed by atoms with Gasteiger partial charge in [-0.2, -0.15) is 0 Å². The Morgan fingerprint density at radius 3 is 0.488 bits per heavy atom. The quantitative estimate of drug-likeness (QED) is 0.0343. The van der Waals surface area contributed by atoms with E-state index in [9.17, 15) is 14.4 Å². The molecule has 0 heterocycles. The molecule has 0 aromatic heterocycles. The minimum Gasteiger partial charge on any atom is -0.462 e. The maximum atomic E-state index is 12.9. The van der Waals surface area contributed by atoms with Gasteiger partial charge in [-0.15, -0.1) is 0 Å². The monoisotopic (exact) mass is 1160 g/mol. The molecule has 0 aromatic carbocycles. The third-order valence-corrected chi connectivity index (χ3v) is 17.9. The molecule has 488 valence electrons. The van der Waals surface area contributed by atoms with Gasteiger partial charge in [-0.1, -0.05) is 412 Å². The fraction of sp³-hybridized carbons (Fsp3) is 0.961. The molecule has 0 aliphatic rings. The van der Waals surface area contributed by atoms with Crippen LogP contribution >= 0.6 is 0 Å². The summed E-state index contributed by atoms with van der Waals surface area (Å²) in [5.74, 6) is -0.826. The van der Waals surface area contributed by atoms with Crippen LogP contribution in [0, 0.1) is 0 Å². The van der Waals surface area contributed by atoms with Crippen LogP contribution in [0.5, 0.6) is 0 Å². The van der Waals surface area contributed by atoms with Crippen molar-refractivity contribution < 1.29 is 28.6 Å². The van der Waals surface area contributed by atoms with Gasteiger partial charge in [0.05, 0.1) is 0 Å². The van der Waals surface area contributed by atoms with E-state index >= 15 is 0 Å². The van der Waals surface area contributed by atoms with Gasteiger partial charge in [0, 0.05) is 19.3 Å². The summed E-state index contributed by atoms with van der Waals surface area (Å²) in [6, 6.07) is 0. The highest BCUT2D eigenvalue weighted by Crippen LogP contribution is 2.20. The summed E-state index contributed by atoms with van der Waals surface area (Å²) >= 11 is 0. The van der Waals surface area contributed by atoms with Crippen LogP contribution in [0.1, 0.15) is 451 Å². The summed E-state index contributed by atoms with van der Waals surface area (Å²) in [5, 5.41) is 0. The number of ether oxygens (including phenoxy) is 3. The first-order valence-electron chi connectivity index (χ1n) is 38.0. The van der Waals surface area contributed by atoms with Crippen molar-refractivity contribution in [2.45, 2.75) is 457 Å². The number of hydrogen-bond acceptors (Lipinski definition) is 6. The molecule has 0 spiro atoms. The number of esters is 3. The van der Waals surface area contributed by atoms with Crippen molar-refractivity contribution in [1.82, 2.24) is 0 Å². The Labute approximate surface area is 514 Å². The average Bonchev–Trinajstić information content (AvgIpc) is 3.47. The summed E-state index contributed by atoms with van der Waals surface area (Å²) < 4.78 is 17.0. The third kappa shape index (κ3) is 69.2. The van der Waals surface area contributed by atoms with Crippen LogP contribution in [-0.4, -0.2) is 37.2 Å². The molecule has 0 fully saturated rings. The van der Waals surface area contributed by atoms with Crippen LogP contribution in [0.4, 0.5) is 0 Å². The van der Waals surface area contributed by atoms with E-state index < -0.39 is 6.10 Å². The zero-order valence-corrected chi connectivity index (χ0v) is 56.3. The Bertz CT molecular complexity index is 1240. The summed E-state index contributed by atoms with van der Waals surface area (Å²) in [4.78, 5) is 38.3. The summed E-state index contributed by atoms with van der Waals surface area (Å²) in [5.41, 5.74) is 0. The second-order valence-corrected chi connectivity index (χ2v) is 26.3. The summed E-state index contributed by atoms with van der Waals surface area (Å²) in [6.07, 6.45) is 86.2. The average molecular weight is 1160 g/mol. The van der Waals surface area contributed by atoms with Gasteiger partial charge >= 0.3 is 17.9 Å². The summed E-state index contributed by atoms with van der Waals surface area (Å²) in [7, 11) is 0. The first kappa shape index (κ1) is 80.4. The number of unbranched alkanes of at least 4 members (excludes halogenated alkanes) is 61. The Hall–Kier alpha value is -1.59. The van der Waals surface area contributed by atoms with Gasteiger partial charge in [0.2, 0.25) is 0 Å². The fourth-order valence-corrected chi connectivity index (χ4v) is 12.2. The molecular weight excluding hydrogens is 1010 g/mol. The molecule has 1 unspecified atom stereocenters. The molecule has 0 bridgehead atoms. The van der Waals surface area contributed by atoms with Crippen molar-refractivity contribution in [1.29, 1.82) is 0 Å². The number of carbonyl (C=O) groups is 3. The zero-order valence-electron chi connectivity index (χ0n) is 56.3. The molecule has 0 saturated carbocycles. The van der Waals surface area contributed by atoms with Crippen LogP contribution in [0.25, 0.3) is 0 Å². The molecule has 0 saturated heterocycles. The van der Waals surface area contributed by atoms with E-state index in [0.717, 1.165) is 57.8 Å². The SMILES string of the molecule is CCCCCCCCCCCCCCCCCCCCCCCCCCCCCCCCC(=O)OCC(COC(=O)CCCCCCCCCC)OC(=O)CCCCCCCCCCCCCCCCCCCCCCCCCCCC. The van der Waals surface area contributed by atoms with E-state index in [1.165, 1.54) is 353 Å². The van der Waals surface area contributed by atoms with Gasteiger partial charge in [0.15, 0.2) is 6.10 Å². The molecule has 0 aliphatic carbocycles. The molecule has 0 N–H and O–H groups in total. The van der Waals surface area contributed by atoms with Crippen molar-refractivity contribution in [2.75, 3.05) is 13.2 Å². The van der Waals surface area contributed by atoms with E-state index in [4.69, 9.17) is 14.2 Å². The first-order chi connectivity index (χ1) is 40.5. The molecule has 0 radical (unpaired) electrons. The van der Waals surface area contributed by atoms with Gasteiger partial charge in [0.1, 0.15) is 13.2 Å². The van der Waals surface area contributed by atoms with E-state index in [2.05, 4.69) is 20.8 Å². The normalized spacial score (nSPS) is 11.9. The topological polar surface area (TPSA) is 78.9 Å². The molecule has 0 amide bonds. The lowest BCUT2D eigenvalue weighted by atomic mass is 10.0. The lowest BCUT2D eigenvalue weighted by Gasteiger charge is -2.18. The molecular formula is C76H148O6. The van der Waals surface area contributed by atoms with E-state index in [-0.39, 0.29) is 31.1 Å². The molecule has 0 rings (SSSR count). The van der Waals surface area contributed by atoms with E-state index in [0.29, 0.717) is 19.3 Å². The van der Waals surface area contributed by atoms with Gasteiger partial charge < -0.3 is 14.2 Å². The number of hydrogen-bond donors (Lipinski definition) is 0. The van der Waals surface area contributed by atoms with Crippen molar-refractivity contribution in [3.8, 4) is 0 Å². The maximum absolute atomic E-state index is 12.9. The largest absolute Gasteiger partial charge is 0.462 e. The second-order valence-electron chi connectivity index (χ2n) is 26.3. The molecule has 6 heteroatoms. The van der Waals surface area contributed by atoms with Crippen molar-refractivity contribution in [3.63, 3.8) is 0 Å². The highest BCUT2D eigenvalue weighted by molar-refractivity contribution is 5.71. The molecule has 1 atom stereocenters. The predicted molar refractivity (Wildman–Crippen MR) is 358 cm³/mol. The van der Waals surface area contributed by atoms with Crippen molar-refractivity contribution in [2.24, 2.45) is 0 Å². The predicted octanol–water partition coefficient (Wildman–Crippen LogP) is 26.2. The summed E-state index contributed by atoms with van der Waals surface area (Å²) in [6.45, 7) is 6.71. The van der Waals surface area contributed by atoms with Crippen LogP contribution < -0.4 is 0 Å². The minimum absolute atomic E-state index is 0.0608. The highest BCUT2D eigenvalue weighted by atomic mass is 16.6. The van der Waals surface area contributed by atoms with Gasteiger partial charge in [-0.05, 0) is 19.3 Å². The van der Waals surface area contributed by atoms with E-state index in [1.54, 1.807) is 0 Å². The van der Waals surface area contributed by atoms with Crippen molar-refractivity contribution >= 4 is 17.9 Å². The Morgan fingerprint density at radius 2 is 0.329 bits per heavy atom.